The highest BCUT2D eigenvalue weighted by Gasteiger charge is 2.24. The molecule has 0 aromatic heterocycles. The molecule has 7 nitrogen and oxygen atoms in total. The maximum absolute atomic E-state index is 12.1. The fourth-order valence-corrected chi connectivity index (χ4v) is 3.04. The van der Waals surface area contributed by atoms with E-state index in [1.165, 1.54) is 6.42 Å². The summed E-state index contributed by atoms with van der Waals surface area (Å²) in [7, 11) is 0. The van der Waals surface area contributed by atoms with Crippen LogP contribution in [0, 0.1) is 5.92 Å². The highest BCUT2D eigenvalue weighted by molar-refractivity contribution is 5.95. The van der Waals surface area contributed by atoms with Crippen LogP contribution in [-0.4, -0.2) is 54.0 Å². The number of amides is 4. The topological polar surface area (TPSA) is 90.5 Å². The zero-order chi connectivity index (χ0) is 19.0. The minimum atomic E-state index is -0.445. The van der Waals surface area contributed by atoms with E-state index in [2.05, 4.69) is 22.9 Å². The van der Waals surface area contributed by atoms with Crippen LogP contribution < -0.4 is 16.0 Å². The van der Waals surface area contributed by atoms with Gasteiger partial charge in [0.2, 0.25) is 11.8 Å². The first-order chi connectivity index (χ1) is 11.6. The number of nitrogens with one attached hydrogen (secondary N) is 3. The lowest BCUT2D eigenvalue weighted by atomic mass is 9.86. The van der Waals surface area contributed by atoms with E-state index in [0.717, 1.165) is 19.3 Å². The van der Waals surface area contributed by atoms with Crippen molar-refractivity contribution < 1.29 is 14.4 Å². The summed E-state index contributed by atoms with van der Waals surface area (Å²) in [5.74, 6) is -0.100. The molecule has 2 unspecified atom stereocenters. The number of hydrogen-bond acceptors (Lipinski definition) is 4. The first-order valence-electron chi connectivity index (χ1n) is 9.24. The summed E-state index contributed by atoms with van der Waals surface area (Å²) in [4.78, 5) is 37.7. The van der Waals surface area contributed by atoms with E-state index < -0.39 is 11.9 Å². The predicted molar refractivity (Wildman–Crippen MR) is 98.1 cm³/mol. The number of urea groups is 1. The average molecular weight is 354 g/mol. The molecule has 1 rings (SSSR count). The van der Waals surface area contributed by atoms with Crippen LogP contribution >= 0.6 is 0 Å². The second kappa shape index (κ2) is 9.75. The van der Waals surface area contributed by atoms with Crippen LogP contribution in [0.1, 0.15) is 60.3 Å². The van der Waals surface area contributed by atoms with E-state index in [-0.39, 0.29) is 30.6 Å². The highest BCUT2D eigenvalue weighted by atomic mass is 16.2. The predicted octanol–water partition coefficient (Wildman–Crippen LogP) is 1.63. The van der Waals surface area contributed by atoms with E-state index >= 15 is 0 Å². The molecule has 1 aliphatic carbocycles. The minimum absolute atomic E-state index is 0.0156. The van der Waals surface area contributed by atoms with E-state index in [4.69, 9.17) is 0 Å². The maximum Gasteiger partial charge on any atom is 0.321 e. The van der Waals surface area contributed by atoms with Gasteiger partial charge < -0.3 is 10.6 Å². The van der Waals surface area contributed by atoms with Crippen LogP contribution in [0.3, 0.4) is 0 Å². The lowest BCUT2D eigenvalue weighted by molar-refractivity contribution is -0.125. The van der Waals surface area contributed by atoms with Gasteiger partial charge >= 0.3 is 6.03 Å². The Bertz CT molecular complexity index is 473. The Labute approximate surface area is 151 Å². The smallest absolute Gasteiger partial charge is 0.321 e. The molecule has 144 valence electrons. The van der Waals surface area contributed by atoms with Crippen molar-refractivity contribution in [2.24, 2.45) is 5.92 Å². The standard InChI is InChI=1S/C18H34N4O3/c1-6-22(12-16(24)21-18(3,4)5)11-15(23)20-17(25)19-14-10-8-7-9-13(14)2/h13-14H,6-12H2,1-5H3,(H,21,24)(H2,19,20,23,25). The molecule has 3 N–H and O–H groups in total. The van der Waals surface area contributed by atoms with Gasteiger partial charge in [0.15, 0.2) is 0 Å². The van der Waals surface area contributed by atoms with Crippen LogP contribution in [0.2, 0.25) is 0 Å². The monoisotopic (exact) mass is 354 g/mol. The molecule has 0 aliphatic heterocycles. The van der Waals surface area contributed by atoms with Gasteiger partial charge in [-0.2, -0.15) is 0 Å². The van der Waals surface area contributed by atoms with Gasteiger partial charge in [0.25, 0.3) is 0 Å². The fraction of sp³-hybridized carbons (Fsp3) is 0.833. The Hall–Kier alpha value is -1.63. The third-order valence-corrected chi connectivity index (χ3v) is 4.38. The fourth-order valence-electron chi connectivity index (χ4n) is 3.04. The Morgan fingerprint density at radius 3 is 2.20 bits per heavy atom. The number of imide groups is 1. The summed E-state index contributed by atoms with van der Waals surface area (Å²) < 4.78 is 0. The highest BCUT2D eigenvalue weighted by Crippen LogP contribution is 2.23. The molecule has 0 heterocycles. The van der Waals surface area contributed by atoms with Gasteiger partial charge in [-0.15, -0.1) is 0 Å². The summed E-state index contributed by atoms with van der Waals surface area (Å²) in [5.41, 5.74) is -0.310. The van der Waals surface area contributed by atoms with Crippen molar-refractivity contribution in [2.75, 3.05) is 19.6 Å². The lowest BCUT2D eigenvalue weighted by Crippen LogP contribution is -2.51. The van der Waals surface area contributed by atoms with Crippen molar-refractivity contribution in [3.8, 4) is 0 Å². The van der Waals surface area contributed by atoms with Gasteiger partial charge in [-0.25, -0.2) is 4.79 Å². The molecule has 0 spiro atoms. The molecule has 0 aromatic carbocycles. The number of likely N-dealkylation sites (N-methyl/N-ethyl adjacent to an activating group) is 1. The Morgan fingerprint density at radius 1 is 1.04 bits per heavy atom. The van der Waals surface area contributed by atoms with Crippen molar-refractivity contribution in [1.82, 2.24) is 20.9 Å². The van der Waals surface area contributed by atoms with Gasteiger partial charge in [-0.05, 0) is 46.1 Å². The molecule has 0 aromatic rings. The van der Waals surface area contributed by atoms with E-state index in [1.807, 2.05) is 27.7 Å². The largest absolute Gasteiger partial charge is 0.350 e. The van der Waals surface area contributed by atoms with Gasteiger partial charge in [0, 0.05) is 11.6 Å². The molecule has 1 aliphatic rings. The summed E-state index contributed by atoms with van der Waals surface area (Å²) >= 11 is 0. The number of carbonyl (C=O) groups excluding carboxylic acids is 3. The van der Waals surface area contributed by atoms with Gasteiger partial charge in [-0.3, -0.25) is 19.8 Å². The van der Waals surface area contributed by atoms with Crippen molar-refractivity contribution >= 4 is 17.8 Å². The zero-order valence-electron chi connectivity index (χ0n) is 16.3. The molecule has 1 saturated carbocycles. The van der Waals surface area contributed by atoms with Gasteiger partial charge in [-0.1, -0.05) is 26.7 Å². The average Bonchev–Trinajstić information content (AvgIpc) is 2.46. The number of nitrogens with zero attached hydrogens (tertiary/aromatic N) is 1. The SMILES string of the molecule is CCN(CC(=O)NC(=O)NC1CCCCC1C)CC(=O)NC(C)(C)C. The third kappa shape index (κ3) is 8.86. The van der Waals surface area contributed by atoms with Crippen molar-refractivity contribution in [3.05, 3.63) is 0 Å². The van der Waals surface area contributed by atoms with Crippen LogP contribution in [0.25, 0.3) is 0 Å². The Morgan fingerprint density at radius 2 is 1.64 bits per heavy atom. The normalized spacial score (nSPS) is 20.9. The first kappa shape index (κ1) is 21.4. The second-order valence-corrected chi connectivity index (χ2v) is 7.99. The van der Waals surface area contributed by atoms with E-state index in [1.54, 1.807) is 4.90 Å². The summed E-state index contributed by atoms with van der Waals surface area (Å²) in [5, 5.41) is 8.13. The molecule has 0 bridgehead atoms. The number of hydrogen-bond donors (Lipinski definition) is 3. The third-order valence-electron chi connectivity index (χ3n) is 4.38. The lowest BCUT2D eigenvalue weighted by Gasteiger charge is -2.29. The Kier molecular flexibility index (Phi) is 8.35. The Balaban J connectivity index is 2.39. The van der Waals surface area contributed by atoms with Gasteiger partial charge in [0.1, 0.15) is 0 Å². The van der Waals surface area contributed by atoms with Crippen molar-refractivity contribution in [1.29, 1.82) is 0 Å². The van der Waals surface area contributed by atoms with Crippen molar-refractivity contribution in [3.63, 3.8) is 0 Å². The minimum Gasteiger partial charge on any atom is -0.350 e. The summed E-state index contributed by atoms with van der Waals surface area (Å²) in [6, 6.07) is -0.319. The number of rotatable bonds is 6. The quantitative estimate of drug-likeness (QED) is 0.676. The molecule has 4 amide bonds. The maximum atomic E-state index is 12.1. The molecule has 1 fully saturated rings. The molecular weight excluding hydrogens is 320 g/mol. The molecule has 2 atom stereocenters. The van der Waals surface area contributed by atoms with Crippen LogP contribution in [0.4, 0.5) is 4.79 Å². The van der Waals surface area contributed by atoms with E-state index in [0.29, 0.717) is 12.5 Å². The first-order valence-corrected chi connectivity index (χ1v) is 9.24. The van der Waals surface area contributed by atoms with E-state index in [9.17, 15) is 14.4 Å². The van der Waals surface area contributed by atoms with Gasteiger partial charge in [0.05, 0.1) is 13.1 Å². The summed E-state index contributed by atoms with van der Waals surface area (Å²) in [6.07, 6.45) is 4.36. The van der Waals surface area contributed by atoms with Crippen LogP contribution in [0.5, 0.6) is 0 Å². The molecule has 0 radical (unpaired) electrons. The molecular formula is C18H34N4O3. The second-order valence-electron chi connectivity index (χ2n) is 7.99. The van der Waals surface area contributed by atoms with Crippen LogP contribution in [-0.2, 0) is 9.59 Å². The summed E-state index contributed by atoms with van der Waals surface area (Å²) in [6.45, 7) is 10.4. The molecule has 25 heavy (non-hydrogen) atoms. The molecule has 0 saturated heterocycles. The number of carbonyl (C=O) groups is 3. The van der Waals surface area contributed by atoms with Crippen molar-refractivity contribution in [2.45, 2.75) is 71.9 Å². The van der Waals surface area contributed by atoms with Crippen LogP contribution in [0.15, 0.2) is 0 Å². The molecule has 7 heteroatoms. The zero-order valence-corrected chi connectivity index (χ0v) is 16.3.